The summed E-state index contributed by atoms with van der Waals surface area (Å²) in [5.41, 5.74) is 7.53. The number of hydrogen-bond donors (Lipinski definition) is 1. The summed E-state index contributed by atoms with van der Waals surface area (Å²) in [5, 5.41) is 1.68. The molecule has 0 spiro atoms. The zero-order valence-electron chi connectivity index (χ0n) is 11.0. The van der Waals surface area contributed by atoms with E-state index in [1.807, 2.05) is 30.3 Å². The lowest BCUT2D eigenvalue weighted by molar-refractivity contribution is 0.456. The minimum Gasteiger partial charge on any atom is -0.437 e. The van der Waals surface area contributed by atoms with Crippen LogP contribution >= 0.6 is 27.5 Å². The smallest absolute Gasteiger partial charge is 0.224 e. The van der Waals surface area contributed by atoms with E-state index in [1.54, 1.807) is 18.2 Å². The topological polar surface area (TPSA) is 48.1 Å². The Bertz CT molecular complexity index is 807. The Kier molecular flexibility index (Phi) is 4.10. The van der Waals surface area contributed by atoms with E-state index in [0.29, 0.717) is 23.2 Å². The fraction of sp³-hybridized carbons (Fsp3) is 0.0625. The number of para-hydroxylation sites is 1. The van der Waals surface area contributed by atoms with Gasteiger partial charge in [0.1, 0.15) is 5.75 Å². The van der Waals surface area contributed by atoms with Crippen molar-refractivity contribution in [3.8, 4) is 11.6 Å². The SMILES string of the molecule is NCc1cc2ccccc2nc1Oc1ccc(Cl)cc1Br. The fourth-order valence-electron chi connectivity index (χ4n) is 2.04. The molecule has 0 amide bonds. The molecular formula is C16H12BrClN2O. The van der Waals surface area contributed by atoms with Crippen LogP contribution in [0.4, 0.5) is 0 Å². The van der Waals surface area contributed by atoms with Gasteiger partial charge in [-0.15, -0.1) is 0 Å². The maximum absolute atomic E-state index is 5.94. The number of fused-ring (bicyclic) bond motifs is 1. The minimum atomic E-state index is 0.360. The van der Waals surface area contributed by atoms with Gasteiger partial charge in [-0.05, 0) is 46.3 Å². The van der Waals surface area contributed by atoms with E-state index < -0.39 is 0 Å². The molecule has 1 heterocycles. The Hall–Kier alpha value is -1.62. The van der Waals surface area contributed by atoms with Crippen LogP contribution in [0.5, 0.6) is 11.6 Å². The summed E-state index contributed by atoms with van der Waals surface area (Å²) in [6, 6.07) is 15.2. The third-order valence-corrected chi connectivity index (χ3v) is 3.94. The number of pyridine rings is 1. The molecule has 106 valence electrons. The standard InChI is InChI=1S/C16H12BrClN2O/c17-13-8-12(18)5-6-15(13)21-16-11(9-19)7-10-3-1-2-4-14(10)20-16/h1-8H,9,19H2. The maximum atomic E-state index is 5.94. The summed E-state index contributed by atoms with van der Waals surface area (Å²) >= 11 is 9.37. The van der Waals surface area contributed by atoms with Crippen LogP contribution in [-0.4, -0.2) is 4.98 Å². The molecule has 2 N–H and O–H groups in total. The third-order valence-electron chi connectivity index (χ3n) is 3.08. The minimum absolute atomic E-state index is 0.360. The van der Waals surface area contributed by atoms with Crippen LogP contribution < -0.4 is 10.5 Å². The molecule has 3 rings (SSSR count). The number of ether oxygens (including phenoxy) is 1. The van der Waals surface area contributed by atoms with E-state index in [0.717, 1.165) is 20.9 Å². The van der Waals surface area contributed by atoms with Gasteiger partial charge in [0, 0.05) is 22.5 Å². The highest BCUT2D eigenvalue weighted by molar-refractivity contribution is 9.10. The summed E-state index contributed by atoms with van der Waals surface area (Å²) in [5.74, 6) is 1.16. The van der Waals surface area contributed by atoms with Gasteiger partial charge in [0.25, 0.3) is 0 Å². The van der Waals surface area contributed by atoms with Crippen molar-refractivity contribution in [3.63, 3.8) is 0 Å². The second-order valence-electron chi connectivity index (χ2n) is 4.53. The average Bonchev–Trinajstić information content (AvgIpc) is 2.49. The van der Waals surface area contributed by atoms with Crippen LogP contribution in [0.1, 0.15) is 5.56 Å². The maximum Gasteiger partial charge on any atom is 0.224 e. The molecule has 1 aromatic heterocycles. The number of halogens is 2. The average molecular weight is 364 g/mol. The van der Waals surface area contributed by atoms with Crippen LogP contribution in [0.3, 0.4) is 0 Å². The van der Waals surface area contributed by atoms with Crippen LogP contribution in [0.2, 0.25) is 5.02 Å². The largest absolute Gasteiger partial charge is 0.437 e. The van der Waals surface area contributed by atoms with Gasteiger partial charge in [0.05, 0.1) is 9.99 Å². The zero-order valence-corrected chi connectivity index (χ0v) is 13.4. The molecule has 0 aliphatic carbocycles. The molecule has 0 saturated heterocycles. The molecule has 2 aromatic carbocycles. The van der Waals surface area contributed by atoms with Crippen LogP contribution in [0.15, 0.2) is 53.0 Å². The lowest BCUT2D eigenvalue weighted by Crippen LogP contribution is -2.02. The molecule has 0 fully saturated rings. The lowest BCUT2D eigenvalue weighted by atomic mass is 10.1. The van der Waals surface area contributed by atoms with Crippen LogP contribution in [0.25, 0.3) is 10.9 Å². The number of nitrogens with zero attached hydrogens (tertiary/aromatic N) is 1. The number of hydrogen-bond acceptors (Lipinski definition) is 3. The Balaban J connectivity index is 2.06. The van der Waals surface area contributed by atoms with Gasteiger partial charge < -0.3 is 10.5 Å². The molecule has 21 heavy (non-hydrogen) atoms. The van der Waals surface area contributed by atoms with Crippen molar-refractivity contribution in [2.75, 3.05) is 0 Å². The van der Waals surface area contributed by atoms with Gasteiger partial charge in [0.15, 0.2) is 0 Å². The molecule has 0 atom stereocenters. The Morgan fingerprint density at radius 3 is 2.71 bits per heavy atom. The molecule has 0 aliphatic rings. The van der Waals surface area contributed by atoms with Gasteiger partial charge in [-0.25, -0.2) is 4.98 Å². The Morgan fingerprint density at radius 2 is 1.95 bits per heavy atom. The summed E-state index contributed by atoms with van der Waals surface area (Å²) < 4.78 is 6.67. The molecule has 3 aromatic rings. The number of rotatable bonds is 3. The number of nitrogens with two attached hydrogens (primary N) is 1. The van der Waals surface area contributed by atoms with Crippen molar-refractivity contribution >= 4 is 38.4 Å². The monoisotopic (exact) mass is 362 g/mol. The second-order valence-corrected chi connectivity index (χ2v) is 5.82. The Morgan fingerprint density at radius 1 is 1.14 bits per heavy atom. The fourth-order valence-corrected chi connectivity index (χ4v) is 2.80. The van der Waals surface area contributed by atoms with E-state index in [4.69, 9.17) is 22.1 Å². The second kappa shape index (κ2) is 6.02. The highest BCUT2D eigenvalue weighted by Crippen LogP contribution is 2.33. The molecule has 0 aliphatic heterocycles. The Labute approximate surface area is 135 Å². The first-order valence-corrected chi connectivity index (χ1v) is 7.56. The third kappa shape index (κ3) is 3.02. The molecule has 0 radical (unpaired) electrons. The molecule has 0 bridgehead atoms. The van der Waals surface area contributed by atoms with Crippen molar-refractivity contribution in [2.45, 2.75) is 6.54 Å². The quantitative estimate of drug-likeness (QED) is 0.720. The van der Waals surface area contributed by atoms with Crippen molar-refractivity contribution < 1.29 is 4.74 Å². The van der Waals surface area contributed by atoms with Crippen molar-refractivity contribution in [3.05, 3.63) is 63.6 Å². The molecule has 5 heteroatoms. The van der Waals surface area contributed by atoms with E-state index >= 15 is 0 Å². The highest BCUT2D eigenvalue weighted by atomic mass is 79.9. The van der Waals surface area contributed by atoms with Gasteiger partial charge in [-0.1, -0.05) is 29.8 Å². The van der Waals surface area contributed by atoms with Crippen LogP contribution in [-0.2, 0) is 6.54 Å². The summed E-state index contributed by atoms with van der Waals surface area (Å²) in [7, 11) is 0. The first-order valence-electron chi connectivity index (χ1n) is 6.39. The predicted molar refractivity (Wildman–Crippen MR) is 88.9 cm³/mol. The first kappa shape index (κ1) is 14.3. The molecule has 3 nitrogen and oxygen atoms in total. The van der Waals surface area contributed by atoms with E-state index in [2.05, 4.69) is 20.9 Å². The van der Waals surface area contributed by atoms with E-state index in [-0.39, 0.29) is 0 Å². The normalized spacial score (nSPS) is 10.8. The van der Waals surface area contributed by atoms with Gasteiger partial charge in [-0.3, -0.25) is 0 Å². The van der Waals surface area contributed by atoms with Gasteiger partial charge in [0.2, 0.25) is 5.88 Å². The highest BCUT2D eigenvalue weighted by Gasteiger charge is 2.10. The van der Waals surface area contributed by atoms with E-state index in [9.17, 15) is 0 Å². The van der Waals surface area contributed by atoms with Crippen molar-refractivity contribution in [1.82, 2.24) is 4.98 Å². The van der Waals surface area contributed by atoms with E-state index in [1.165, 1.54) is 0 Å². The molecular weight excluding hydrogens is 352 g/mol. The summed E-state index contributed by atoms with van der Waals surface area (Å²) in [4.78, 5) is 4.55. The molecule has 0 saturated carbocycles. The summed E-state index contributed by atoms with van der Waals surface area (Å²) in [6.07, 6.45) is 0. The van der Waals surface area contributed by atoms with Crippen LogP contribution in [0, 0.1) is 0 Å². The first-order chi connectivity index (χ1) is 10.2. The molecule has 0 unspecified atom stereocenters. The number of benzene rings is 2. The number of aromatic nitrogens is 1. The lowest BCUT2D eigenvalue weighted by Gasteiger charge is -2.12. The predicted octanol–water partition coefficient (Wildman–Crippen LogP) is 4.90. The zero-order chi connectivity index (χ0) is 14.8. The van der Waals surface area contributed by atoms with Gasteiger partial charge >= 0.3 is 0 Å². The van der Waals surface area contributed by atoms with Crippen molar-refractivity contribution in [2.24, 2.45) is 5.73 Å². The summed E-state index contributed by atoms with van der Waals surface area (Å²) in [6.45, 7) is 0.360. The van der Waals surface area contributed by atoms with Gasteiger partial charge in [-0.2, -0.15) is 0 Å². The van der Waals surface area contributed by atoms with Crippen molar-refractivity contribution in [1.29, 1.82) is 0 Å².